The summed E-state index contributed by atoms with van der Waals surface area (Å²) in [6.45, 7) is 4.13. The van der Waals surface area contributed by atoms with Crippen molar-refractivity contribution in [3.63, 3.8) is 0 Å². The lowest BCUT2D eigenvalue weighted by molar-refractivity contribution is -0.137. The number of methoxy groups -OCH3 is 1. The highest BCUT2D eigenvalue weighted by atomic mass is 79.9. The average Bonchev–Trinajstić information content (AvgIpc) is 2.27. The summed E-state index contributed by atoms with van der Waals surface area (Å²) in [6, 6.07) is 3.32. The summed E-state index contributed by atoms with van der Waals surface area (Å²) in [5.74, 6) is 0.0862. The highest BCUT2D eigenvalue weighted by Gasteiger charge is 2.18. The van der Waals surface area contributed by atoms with Gasteiger partial charge in [0.05, 0.1) is 18.0 Å². The number of rotatable bonds is 5. The highest BCUT2D eigenvalue weighted by Crippen LogP contribution is 2.36. The van der Waals surface area contributed by atoms with E-state index in [4.69, 9.17) is 15.6 Å². The molecule has 1 atom stereocenters. The van der Waals surface area contributed by atoms with E-state index in [1.54, 1.807) is 7.11 Å². The molecule has 0 radical (unpaired) electrons. The summed E-state index contributed by atoms with van der Waals surface area (Å²) >= 11 is 3.42. The van der Waals surface area contributed by atoms with Crippen molar-refractivity contribution in [2.75, 3.05) is 7.11 Å². The molecule has 0 saturated heterocycles. The fourth-order valence-corrected chi connectivity index (χ4v) is 2.38. The third-order valence-electron chi connectivity index (χ3n) is 2.77. The molecule has 0 aliphatic rings. The van der Waals surface area contributed by atoms with Gasteiger partial charge in [0.1, 0.15) is 5.75 Å². The molecular weight excluding hydrogens is 298 g/mol. The van der Waals surface area contributed by atoms with Crippen molar-refractivity contribution >= 4 is 21.9 Å². The number of carboxylic acids is 1. The van der Waals surface area contributed by atoms with Gasteiger partial charge in [0.25, 0.3) is 0 Å². The second-order valence-corrected chi connectivity index (χ2v) is 5.28. The van der Waals surface area contributed by atoms with E-state index in [2.05, 4.69) is 29.8 Å². The monoisotopic (exact) mass is 315 g/mol. The molecule has 0 spiro atoms. The largest absolute Gasteiger partial charge is 0.496 e. The zero-order chi connectivity index (χ0) is 13.9. The van der Waals surface area contributed by atoms with Crippen molar-refractivity contribution in [1.29, 1.82) is 0 Å². The van der Waals surface area contributed by atoms with Crippen LogP contribution in [0.1, 0.15) is 43.4 Å². The minimum atomic E-state index is -0.914. The molecule has 18 heavy (non-hydrogen) atoms. The minimum absolute atomic E-state index is 0.108. The van der Waals surface area contributed by atoms with Gasteiger partial charge in [-0.25, -0.2) is 0 Å². The Morgan fingerprint density at radius 2 is 2.11 bits per heavy atom. The van der Waals surface area contributed by atoms with Gasteiger partial charge >= 0.3 is 5.97 Å². The first-order valence-electron chi connectivity index (χ1n) is 5.71. The lowest BCUT2D eigenvalue weighted by Crippen LogP contribution is -2.16. The van der Waals surface area contributed by atoms with Gasteiger partial charge in [-0.2, -0.15) is 0 Å². The van der Waals surface area contributed by atoms with Crippen molar-refractivity contribution in [1.82, 2.24) is 0 Å². The molecule has 1 aromatic carbocycles. The molecule has 0 heterocycles. The number of ether oxygens (including phenoxy) is 1. The van der Waals surface area contributed by atoms with Crippen LogP contribution in [0, 0.1) is 0 Å². The van der Waals surface area contributed by atoms with Crippen LogP contribution < -0.4 is 10.5 Å². The van der Waals surface area contributed by atoms with Crippen LogP contribution >= 0.6 is 15.9 Å². The molecule has 0 saturated carbocycles. The fourth-order valence-electron chi connectivity index (χ4n) is 1.69. The second kappa shape index (κ2) is 6.20. The van der Waals surface area contributed by atoms with Crippen LogP contribution in [0.3, 0.4) is 0 Å². The van der Waals surface area contributed by atoms with E-state index in [0.29, 0.717) is 11.7 Å². The lowest BCUT2D eigenvalue weighted by atomic mass is 9.96. The van der Waals surface area contributed by atoms with Gasteiger partial charge in [-0.05, 0) is 39.0 Å². The first-order chi connectivity index (χ1) is 8.36. The zero-order valence-electron chi connectivity index (χ0n) is 10.7. The van der Waals surface area contributed by atoms with E-state index < -0.39 is 12.0 Å². The van der Waals surface area contributed by atoms with Crippen LogP contribution in [0.15, 0.2) is 16.6 Å². The third-order valence-corrected chi connectivity index (χ3v) is 3.62. The molecule has 0 amide bonds. The number of nitrogens with two attached hydrogens (primary N) is 1. The van der Waals surface area contributed by atoms with E-state index in [9.17, 15) is 4.79 Å². The molecular formula is C13H18BrNO3. The summed E-state index contributed by atoms with van der Waals surface area (Å²) in [6.07, 6.45) is -0.108. The Morgan fingerprint density at radius 1 is 1.50 bits per heavy atom. The van der Waals surface area contributed by atoms with Crippen LogP contribution in [-0.4, -0.2) is 18.2 Å². The lowest BCUT2D eigenvalue weighted by Gasteiger charge is -2.18. The number of carbonyl (C=O) groups is 1. The Morgan fingerprint density at radius 3 is 2.56 bits per heavy atom. The van der Waals surface area contributed by atoms with Crippen molar-refractivity contribution < 1.29 is 14.6 Å². The van der Waals surface area contributed by atoms with E-state index in [1.807, 2.05) is 12.1 Å². The maximum atomic E-state index is 10.7. The third kappa shape index (κ3) is 3.46. The fraction of sp³-hybridized carbons (Fsp3) is 0.462. The van der Waals surface area contributed by atoms with Crippen molar-refractivity contribution in [3.8, 4) is 5.75 Å². The number of carboxylic acid groups (broad SMARTS) is 1. The standard InChI is InChI=1S/C13H18BrNO3/c1-7(2)8-4-9(10(15)6-12(16)17)13(14)11(5-8)18-3/h4-5,7,10H,6,15H2,1-3H3,(H,16,17). The van der Waals surface area contributed by atoms with E-state index in [0.717, 1.165) is 15.6 Å². The number of halogens is 1. The van der Waals surface area contributed by atoms with Crippen molar-refractivity contribution in [2.45, 2.75) is 32.2 Å². The van der Waals surface area contributed by atoms with Crippen LogP contribution in [0.2, 0.25) is 0 Å². The maximum Gasteiger partial charge on any atom is 0.305 e. The molecule has 3 N–H and O–H groups in total. The summed E-state index contributed by atoms with van der Waals surface area (Å²) in [5, 5.41) is 8.81. The predicted molar refractivity (Wildman–Crippen MR) is 74.0 cm³/mol. The molecule has 0 aromatic heterocycles. The topological polar surface area (TPSA) is 72.5 Å². The van der Waals surface area contributed by atoms with E-state index in [-0.39, 0.29) is 6.42 Å². The molecule has 0 bridgehead atoms. The molecule has 0 fully saturated rings. The first kappa shape index (κ1) is 15.0. The normalized spacial score (nSPS) is 12.6. The smallest absolute Gasteiger partial charge is 0.305 e. The van der Waals surface area contributed by atoms with Gasteiger partial charge in [-0.1, -0.05) is 19.9 Å². The van der Waals surface area contributed by atoms with Gasteiger partial charge in [-0.3, -0.25) is 4.79 Å². The summed E-state index contributed by atoms with van der Waals surface area (Å²) in [4.78, 5) is 10.7. The summed E-state index contributed by atoms with van der Waals surface area (Å²) < 4.78 is 6.01. The van der Waals surface area contributed by atoms with Crippen molar-refractivity contribution in [2.24, 2.45) is 5.73 Å². The van der Waals surface area contributed by atoms with Gasteiger partial charge in [-0.15, -0.1) is 0 Å². The van der Waals surface area contributed by atoms with E-state index >= 15 is 0 Å². The maximum absolute atomic E-state index is 10.7. The molecule has 5 heteroatoms. The Labute approximate surface area is 115 Å². The van der Waals surface area contributed by atoms with E-state index in [1.165, 1.54) is 0 Å². The Hall–Kier alpha value is -1.07. The quantitative estimate of drug-likeness (QED) is 0.876. The van der Waals surface area contributed by atoms with Gasteiger partial charge in [0.15, 0.2) is 0 Å². The second-order valence-electron chi connectivity index (χ2n) is 4.49. The van der Waals surface area contributed by atoms with Crippen molar-refractivity contribution in [3.05, 3.63) is 27.7 Å². The van der Waals surface area contributed by atoms with Crippen LogP contribution in [0.25, 0.3) is 0 Å². The molecule has 4 nitrogen and oxygen atoms in total. The molecule has 100 valence electrons. The average molecular weight is 316 g/mol. The van der Waals surface area contributed by atoms with Crippen LogP contribution in [-0.2, 0) is 4.79 Å². The molecule has 1 unspecified atom stereocenters. The molecule has 1 rings (SSSR count). The molecule has 0 aliphatic carbocycles. The number of benzene rings is 1. The highest BCUT2D eigenvalue weighted by molar-refractivity contribution is 9.10. The van der Waals surface area contributed by atoms with Crippen LogP contribution in [0.5, 0.6) is 5.75 Å². The van der Waals surface area contributed by atoms with Gasteiger partial charge in [0.2, 0.25) is 0 Å². The summed E-state index contributed by atoms with van der Waals surface area (Å²) in [5.41, 5.74) is 7.76. The molecule has 1 aromatic rings. The minimum Gasteiger partial charge on any atom is -0.496 e. The predicted octanol–water partition coefficient (Wildman–Crippen LogP) is 3.06. The Kier molecular flexibility index (Phi) is 5.16. The Bertz CT molecular complexity index is 446. The Balaban J connectivity index is 3.23. The number of aliphatic carboxylic acids is 1. The summed E-state index contributed by atoms with van der Waals surface area (Å²) in [7, 11) is 1.58. The zero-order valence-corrected chi connectivity index (χ0v) is 12.3. The first-order valence-corrected chi connectivity index (χ1v) is 6.50. The van der Waals surface area contributed by atoms with Crippen LogP contribution in [0.4, 0.5) is 0 Å². The SMILES string of the molecule is COc1cc(C(C)C)cc(C(N)CC(=O)O)c1Br. The number of hydrogen-bond acceptors (Lipinski definition) is 3. The van der Waals surface area contributed by atoms with Gasteiger partial charge < -0.3 is 15.6 Å². The number of hydrogen-bond donors (Lipinski definition) is 2. The van der Waals surface area contributed by atoms with Gasteiger partial charge in [0, 0.05) is 6.04 Å². The molecule has 0 aliphatic heterocycles.